The summed E-state index contributed by atoms with van der Waals surface area (Å²) in [6.07, 6.45) is 0.462. The van der Waals surface area contributed by atoms with Crippen molar-refractivity contribution in [1.82, 2.24) is 20.4 Å². The highest BCUT2D eigenvalue weighted by atomic mass is 35.5. The average molecular weight is 414 g/mol. The van der Waals surface area contributed by atoms with Crippen LogP contribution in [0.3, 0.4) is 0 Å². The van der Waals surface area contributed by atoms with Gasteiger partial charge in [-0.15, -0.1) is 12.4 Å². The van der Waals surface area contributed by atoms with Crippen molar-refractivity contribution in [2.24, 2.45) is 5.92 Å². The fourth-order valence-corrected chi connectivity index (χ4v) is 3.12. The van der Waals surface area contributed by atoms with E-state index >= 15 is 0 Å². The molecule has 1 aliphatic heterocycles. The monoisotopic (exact) mass is 413 g/mol. The van der Waals surface area contributed by atoms with Gasteiger partial charge in [0.05, 0.1) is 16.6 Å². The number of nitrogens with one attached hydrogen (secondary N) is 2. The Morgan fingerprint density at radius 1 is 1.48 bits per heavy atom. The zero-order valence-electron chi connectivity index (χ0n) is 15.7. The van der Waals surface area contributed by atoms with Crippen LogP contribution in [0.25, 0.3) is 11.5 Å². The molecule has 9 heteroatoms. The van der Waals surface area contributed by atoms with Gasteiger partial charge in [-0.25, -0.2) is 0 Å². The molecular formula is C18H25Cl2N5O2. The van der Waals surface area contributed by atoms with Gasteiger partial charge in [0, 0.05) is 31.7 Å². The van der Waals surface area contributed by atoms with Gasteiger partial charge in [0.2, 0.25) is 5.91 Å². The Balaban J connectivity index is 0.00000261. The number of carbonyl (C=O) groups is 1. The first-order valence-corrected chi connectivity index (χ1v) is 9.16. The molecule has 1 aromatic carbocycles. The topological polar surface area (TPSA) is 83.3 Å². The van der Waals surface area contributed by atoms with E-state index in [1.54, 1.807) is 18.2 Å². The molecule has 2 heterocycles. The summed E-state index contributed by atoms with van der Waals surface area (Å²) in [5.41, 5.74) is 1.27. The summed E-state index contributed by atoms with van der Waals surface area (Å²) in [5, 5.41) is 10.8. The molecular weight excluding hydrogens is 389 g/mol. The molecule has 1 atom stereocenters. The molecule has 0 spiro atoms. The first-order chi connectivity index (χ1) is 12.4. The number of amides is 1. The Hall–Kier alpha value is -1.67. The van der Waals surface area contributed by atoms with Gasteiger partial charge in [0.25, 0.3) is 5.89 Å². The predicted octanol–water partition coefficient (Wildman–Crippen LogP) is 3.37. The molecule has 2 aromatic rings. The van der Waals surface area contributed by atoms with Crippen LogP contribution >= 0.6 is 24.0 Å². The van der Waals surface area contributed by atoms with Crippen LogP contribution in [0.4, 0.5) is 5.69 Å². The maximum absolute atomic E-state index is 12.0. The van der Waals surface area contributed by atoms with Crippen LogP contribution in [0.2, 0.25) is 5.02 Å². The number of hydrogen-bond acceptors (Lipinski definition) is 6. The lowest BCUT2D eigenvalue weighted by atomic mass is 10.1. The van der Waals surface area contributed by atoms with Gasteiger partial charge in [-0.05, 0) is 31.2 Å². The third kappa shape index (κ3) is 5.42. The van der Waals surface area contributed by atoms with Crippen molar-refractivity contribution in [2.45, 2.75) is 26.3 Å². The molecule has 0 bridgehead atoms. The van der Waals surface area contributed by atoms with E-state index < -0.39 is 0 Å². The Labute approximate surface area is 170 Å². The van der Waals surface area contributed by atoms with Gasteiger partial charge >= 0.3 is 0 Å². The third-order valence-electron chi connectivity index (χ3n) is 4.32. The summed E-state index contributed by atoms with van der Waals surface area (Å²) in [5.74, 6) is 1.24. The van der Waals surface area contributed by atoms with Crippen molar-refractivity contribution in [3.8, 4) is 11.5 Å². The Morgan fingerprint density at radius 2 is 2.26 bits per heavy atom. The van der Waals surface area contributed by atoms with E-state index in [4.69, 9.17) is 16.1 Å². The molecule has 1 saturated heterocycles. The van der Waals surface area contributed by atoms with E-state index in [1.807, 2.05) is 20.9 Å². The van der Waals surface area contributed by atoms with Crippen LogP contribution in [-0.4, -0.2) is 47.6 Å². The number of likely N-dealkylation sites (N-methyl/N-ethyl adjacent to an activating group) is 1. The lowest BCUT2D eigenvalue weighted by Gasteiger charge is -2.30. The number of anilines is 1. The Morgan fingerprint density at radius 3 is 2.96 bits per heavy atom. The van der Waals surface area contributed by atoms with Gasteiger partial charge in [0.15, 0.2) is 5.82 Å². The van der Waals surface area contributed by atoms with Crippen molar-refractivity contribution >= 4 is 35.6 Å². The molecule has 3 rings (SSSR count). The molecule has 0 aliphatic carbocycles. The molecule has 1 aromatic heterocycles. The predicted molar refractivity (Wildman–Crippen MR) is 108 cm³/mol. The number of piperazine rings is 1. The van der Waals surface area contributed by atoms with Crippen LogP contribution in [0.5, 0.6) is 0 Å². The van der Waals surface area contributed by atoms with E-state index in [-0.39, 0.29) is 24.4 Å². The largest absolute Gasteiger partial charge is 0.334 e. The molecule has 27 heavy (non-hydrogen) atoms. The van der Waals surface area contributed by atoms with Gasteiger partial charge < -0.3 is 15.2 Å². The third-order valence-corrected chi connectivity index (χ3v) is 4.65. The molecule has 1 amide bonds. The first-order valence-electron chi connectivity index (χ1n) is 8.78. The lowest BCUT2D eigenvalue weighted by Crippen LogP contribution is -2.44. The highest BCUT2D eigenvalue weighted by molar-refractivity contribution is 6.33. The summed E-state index contributed by atoms with van der Waals surface area (Å²) in [6, 6.07) is 5.31. The number of carbonyl (C=O) groups excluding carboxylic acids is 1. The van der Waals surface area contributed by atoms with E-state index in [1.165, 1.54) is 0 Å². The van der Waals surface area contributed by atoms with Crippen LogP contribution < -0.4 is 10.6 Å². The van der Waals surface area contributed by atoms with Crippen LogP contribution in [0, 0.1) is 5.92 Å². The van der Waals surface area contributed by atoms with E-state index in [0.717, 1.165) is 19.6 Å². The number of nitrogens with zero attached hydrogens (tertiary/aromatic N) is 3. The summed E-state index contributed by atoms with van der Waals surface area (Å²) < 4.78 is 5.44. The summed E-state index contributed by atoms with van der Waals surface area (Å²) in [4.78, 5) is 18.7. The maximum atomic E-state index is 12.0. The average Bonchev–Trinajstić information content (AvgIpc) is 3.06. The first kappa shape index (κ1) is 21.6. The summed E-state index contributed by atoms with van der Waals surface area (Å²) in [6.45, 7) is 6.65. The second-order valence-electron chi connectivity index (χ2n) is 7.00. The Kier molecular flexibility index (Phi) is 7.61. The number of aromatic nitrogens is 2. The minimum absolute atomic E-state index is 0. The minimum Gasteiger partial charge on any atom is -0.334 e. The highest BCUT2D eigenvalue weighted by Crippen LogP contribution is 2.31. The molecule has 148 valence electrons. The van der Waals surface area contributed by atoms with E-state index in [2.05, 4.69) is 25.7 Å². The van der Waals surface area contributed by atoms with Gasteiger partial charge in [-0.3, -0.25) is 9.69 Å². The SMILES string of the molecule is CC(C)CC(=O)Nc1ccc(Cl)c(-c2nc(C3CNCCN3C)no2)c1.Cl. The van der Waals surface area contributed by atoms with Gasteiger partial charge in [-0.2, -0.15) is 4.98 Å². The second kappa shape index (κ2) is 9.50. The van der Waals surface area contributed by atoms with Crippen molar-refractivity contribution in [1.29, 1.82) is 0 Å². The van der Waals surface area contributed by atoms with Crippen molar-refractivity contribution in [3.05, 3.63) is 29.0 Å². The molecule has 1 fully saturated rings. The van der Waals surface area contributed by atoms with Crippen molar-refractivity contribution in [3.63, 3.8) is 0 Å². The highest BCUT2D eigenvalue weighted by Gasteiger charge is 2.26. The van der Waals surface area contributed by atoms with Gasteiger partial charge in [0.1, 0.15) is 0 Å². The van der Waals surface area contributed by atoms with E-state index in [0.29, 0.717) is 40.3 Å². The second-order valence-corrected chi connectivity index (χ2v) is 7.41. The standard InChI is InChI=1S/C18H24ClN5O2.ClH/c1-11(2)8-16(25)21-12-4-5-14(19)13(9-12)18-22-17(23-26-18)15-10-20-6-7-24(15)3;/h4-5,9,11,15,20H,6-8,10H2,1-3H3,(H,21,25);1H. The quantitative estimate of drug-likeness (QED) is 0.781. The Bertz CT molecular complexity index is 781. The van der Waals surface area contributed by atoms with E-state index in [9.17, 15) is 4.79 Å². The smallest absolute Gasteiger partial charge is 0.259 e. The summed E-state index contributed by atoms with van der Waals surface area (Å²) >= 11 is 6.31. The molecule has 1 aliphatic rings. The summed E-state index contributed by atoms with van der Waals surface area (Å²) in [7, 11) is 2.04. The number of benzene rings is 1. The fourth-order valence-electron chi connectivity index (χ4n) is 2.92. The zero-order chi connectivity index (χ0) is 18.7. The zero-order valence-corrected chi connectivity index (χ0v) is 17.2. The molecule has 1 unspecified atom stereocenters. The lowest BCUT2D eigenvalue weighted by molar-refractivity contribution is -0.116. The van der Waals surface area contributed by atoms with Crippen LogP contribution in [0.15, 0.2) is 22.7 Å². The van der Waals surface area contributed by atoms with Crippen molar-refractivity contribution in [2.75, 3.05) is 32.0 Å². The molecule has 7 nitrogen and oxygen atoms in total. The van der Waals surface area contributed by atoms with Gasteiger partial charge in [-0.1, -0.05) is 30.6 Å². The minimum atomic E-state index is -0.0330. The molecule has 0 radical (unpaired) electrons. The fraction of sp³-hybridized carbons (Fsp3) is 0.500. The number of halogens is 2. The maximum Gasteiger partial charge on any atom is 0.259 e. The molecule has 0 saturated carbocycles. The van der Waals surface area contributed by atoms with Crippen LogP contribution in [-0.2, 0) is 4.79 Å². The van der Waals surface area contributed by atoms with Crippen LogP contribution in [0.1, 0.15) is 32.1 Å². The van der Waals surface area contributed by atoms with Crippen molar-refractivity contribution < 1.29 is 9.32 Å². The normalized spacial score (nSPS) is 17.6. The number of rotatable bonds is 5. The number of hydrogen-bond donors (Lipinski definition) is 2. The molecule has 2 N–H and O–H groups in total.